The molecule has 2 fully saturated rings. The summed E-state index contributed by atoms with van der Waals surface area (Å²) < 4.78 is 12.0. The zero-order valence-corrected chi connectivity index (χ0v) is 15.2. The Balaban J connectivity index is 0. The molecule has 1 radical (unpaired) electrons. The van der Waals surface area contributed by atoms with Gasteiger partial charge in [-0.05, 0) is 27.7 Å². The monoisotopic (exact) mass is 341 g/mol. The second kappa shape index (κ2) is 8.31. The number of nitrogens with two attached hydrogens (primary N) is 2. The first-order chi connectivity index (χ1) is 8.24. The molecule has 1 heterocycles. The summed E-state index contributed by atoms with van der Waals surface area (Å²) in [6.45, 7) is 10.9. The van der Waals surface area contributed by atoms with Gasteiger partial charge in [-0.1, -0.05) is 44.4 Å². The van der Waals surface area contributed by atoms with Crippen molar-refractivity contribution in [2.45, 2.75) is 84.3 Å². The molecule has 6 heteroatoms. The van der Waals surface area contributed by atoms with Crippen molar-refractivity contribution in [3.63, 3.8) is 0 Å². The molecule has 1 saturated heterocycles. The fourth-order valence-electron chi connectivity index (χ4n) is 2.98. The minimum absolute atomic E-state index is 0. The number of rotatable bonds is 3. The quantitative estimate of drug-likeness (QED) is 0.493. The van der Waals surface area contributed by atoms with Crippen LogP contribution in [0.4, 0.5) is 0 Å². The normalized spacial score (nSPS) is 25.3. The van der Waals surface area contributed by atoms with Gasteiger partial charge in [0.2, 0.25) is 0 Å². The Kier molecular flexibility index (Phi) is 9.36. The Morgan fingerprint density at radius 3 is 1.71 bits per heavy atom. The fourth-order valence-corrected chi connectivity index (χ4v) is 2.98. The van der Waals surface area contributed by atoms with Gasteiger partial charge in [-0.3, -0.25) is 6.32 Å². The molecule has 1 saturated carbocycles. The van der Waals surface area contributed by atoms with E-state index in [4.69, 9.17) is 9.31 Å². The Labute approximate surface area is 141 Å². The van der Waals surface area contributed by atoms with Crippen LogP contribution in [0.15, 0.2) is 0 Å². The average molecular weight is 342 g/mol. The van der Waals surface area contributed by atoms with Crippen LogP contribution in [0, 0.1) is 11.7 Å². The van der Waals surface area contributed by atoms with Crippen LogP contribution >= 0.6 is 0 Å². The van der Waals surface area contributed by atoms with Gasteiger partial charge in [-0.25, -0.2) is 0 Å². The first-order valence-corrected chi connectivity index (χ1v) is 7.43. The molecular formula is C15H32BN2NiO2. The van der Waals surface area contributed by atoms with E-state index >= 15 is 0 Å². The van der Waals surface area contributed by atoms with Crippen molar-refractivity contribution in [3.8, 4) is 0 Å². The molecular weight excluding hydrogens is 310 g/mol. The average Bonchev–Trinajstić information content (AvgIpc) is 2.46. The summed E-state index contributed by atoms with van der Waals surface area (Å²) in [5.41, 5.74) is 0.0606. The maximum Gasteiger partial charge on any atom is 3.00 e. The van der Waals surface area contributed by atoms with Gasteiger partial charge in [0, 0.05) is 0 Å². The molecule has 0 spiro atoms. The van der Waals surface area contributed by atoms with E-state index in [-0.39, 0.29) is 47.1 Å². The van der Waals surface area contributed by atoms with Gasteiger partial charge >= 0.3 is 16.5 Å². The first-order valence-electron chi connectivity index (χ1n) is 7.43. The molecule has 0 unspecified atom stereocenters. The summed E-state index contributed by atoms with van der Waals surface area (Å²) in [4.78, 5) is 0. The van der Waals surface area contributed by atoms with Crippen LogP contribution in [0.5, 0.6) is 0 Å². The smallest absolute Gasteiger partial charge is 0.693 e. The predicted molar refractivity (Wildman–Crippen MR) is 86.8 cm³/mol. The number of hydrogen-bond acceptors (Lipinski definition) is 2. The predicted octanol–water partition coefficient (Wildman–Crippen LogP) is 5.61. The van der Waals surface area contributed by atoms with Crippen molar-refractivity contribution < 1.29 is 25.8 Å². The van der Waals surface area contributed by atoms with Gasteiger partial charge in [0.1, 0.15) is 0 Å². The summed E-state index contributed by atoms with van der Waals surface area (Å²) >= 11 is 0. The van der Waals surface area contributed by atoms with Crippen molar-refractivity contribution in [1.29, 1.82) is 0 Å². The topological polar surface area (TPSA) is 85.5 Å². The second-order valence-electron chi connectivity index (χ2n) is 7.44. The van der Waals surface area contributed by atoms with Crippen LogP contribution in [0.1, 0.15) is 73.1 Å². The molecule has 21 heavy (non-hydrogen) atoms. The molecule has 127 valence electrons. The molecule has 0 aromatic rings. The Morgan fingerprint density at radius 2 is 1.29 bits per heavy atom. The molecule has 2 rings (SSSR count). The molecule has 0 amide bonds. The SMILES string of the molecule is CC1(C[CH-]B2OC(C)(C)C(C)(C)O2)CCCCC1.[NH2-].[NH2-].[Ni+3]. The van der Waals surface area contributed by atoms with Crippen molar-refractivity contribution >= 4 is 7.12 Å². The summed E-state index contributed by atoms with van der Waals surface area (Å²) in [6, 6.07) is 0. The van der Waals surface area contributed by atoms with Crippen LogP contribution < -0.4 is 0 Å². The minimum atomic E-state index is -0.207. The molecule has 1 aliphatic carbocycles. The Hall–Kier alpha value is 0.398. The van der Waals surface area contributed by atoms with Crippen LogP contribution in [-0.4, -0.2) is 18.3 Å². The van der Waals surface area contributed by atoms with Crippen molar-refractivity contribution in [2.24, 2.45) is 5.41 Å². The van der Waals surface area contributed by atoms with E-state index in [1.54, 1.807) is 0 Å². The molecule has 1 aliphatic heterocycles. The zero-order valence-electron chi connectivity index (χ0n) is 14.2. The molecule has 0 aromatic carbocycles. The van der Waals surface area contributed by atoms with Crippen LogP contribution in [-0.2, 0) is 25.8 Å². The molecule has 4 N–H and O–H groups in total. The third-order valence-electron chi connectivity index (χ3n) is 5.14. The van der Waals surface area contributed by atoms with E-state index in [2.05, 4.69) is 40.9 Å². The van der Waals surface area contributed by atoms with Gasteiger partial charge in [0.05, 0.1) is 11.2 Å². The summed E-state index contributed by atoms with van der Waals surface area (Å²) in [6.07, 6.45) is 10.2. The van der Waals surface area contributed by atoms with E-state index < -0.39 is 0 Å². The van der Waals surface area contributed by atoms with E-state index in [9.17, 15) is 0 Å². The van der Waals surface area contributed by atoms with Gasteiger partial charge < -0.3 is 21.6 Å². The van der Waals surface area contributed by atoms with Crippen molar-refractivity contribution in [2.75, 3.05) is 0 Å². The summed E-state index contributed by atoms with van der Waals surface area (Å²) in [5.74, 6) is 0. The van der Waals surface area contributed by atoms with Crippen molar-refractivity contribution in [1.82, 2.24) is 0 Å². The zero-order chi connectivity index (χ0) is 13.4. The molecule has 0 bridgehead atoms. The van der Waals surface area contributed by atoms with E-state index in [1.165, 1.54) is 32.1 Å². The largest absolute Gasteiger partial charge is 3.00 e. The summed E-state index contributed by atoms with van der Waals surface area (Å²) in [5, 5.41) is 0. The minimum Gasteiger partial charge on any atom is -0.693 e. The molecule has 4 nitrogen and oxygen atoms in total. The van der Waals surface area contributed by atoms with Gasteiger partial charge in [0.25, 0.3) is 7.12 Å². The maximum absolute atomic E-state index is 6.02. The second-order valence-corrected chi connectivity index (χ2v) is 7.44. The van der Waals surface area contributed by atoms with Gasteiger partial charge in [-0.2, -0.15) is 6.42 Å². The third-order valence-corrected chi connectivity index (χ3v) is 5.14. The Morgan fingerprint density at radius 1 is 0.857 bits per heavy atom. The van der Waals surface area contributed by atoms with Crippen LogP contribution in [0.25, 0.3) is 12.3 Å². The third kappa shape index (κ3) is 5.51. The first kappa shape index (κ1) is 23.7. The van der Waals surface area contributed by atoms with Gasteiger partial charge in [0.15, 0.2) is 0 Å². The molecule has 0 atom stereocenters. The standard InChI is InChI=1S/C15H28BO2.2H2N.Ni/c1-13(2)14(3,4)18-16(17-13)12-11-15(5)9-7-6-8-10-15;;;/h12H,6-11H2,1-5H3;2*1H2;/q3*-1;+3. The molecule has 0 aromatic heterocycles. The maximum atomic E-state index is 6.02. The van der Waals surface area contributed by atoms with Crippen molar-refractivity contribution in [3.05, 3.63) is 18.6 Å². The number of hydrogen-bond donors (Lipinski definition) is 0. The summed E-state index contributed by atoms with van der Waals surface area (Å²) in [7, 11) is -0.131. The Bertz CT molecular complexity index is 292. The molecule has 2 aliphatic rings. The van der Waals surface area contributed by atoms with E-state index in [1.807, 2.05) is 0 Å². The van der Waals surface area contributed by atoms with Crippen LogP contribution in [0.3, 0.4) is 0 Å². The van der Waals surface area contributed by atoms with Crippen LogP contribution in [0.2, 0.25) is 0 Å². The van der Waals surface area contributed by atoms with E-state index in [0.717, 1.165) is 6.42 Å². The van der Waals surface area contributed by atoms with E-state index in [0.29, 0.717) is 5.41 Å². The fraction of sp³-hybridized carbons (Fsp3) is 0.933. The van der Waals surface area contributed by atoms with Gasteiger partial charge in [-0.15, -0.1) is 0 Å².